The molecule has 0 bridgehead atoms. The van der Waals surface area contributed by atoms with Crippen molar-refractivity contribution in [2.24, 2.45) is 5.92 Å². The molecule has 3 atom stereocenters. The lowest BCUT2D eigenvalue weighted by molar-refractivity contribution is 0.0696. The number of nitriles is 1. The molecule has 0 aromatic heterocycles. The Labute approximate surface area is 157 Å². The molecule has 0 spiro atoms. The Hall–Kier alpha value is -3.26. The Morgan fingerprint density at radius 3 is 2.78 bits per heavy atom. The number of ether oxygens (including phenoxy) is 1. The molecule has 2 unspecified atom stereocenters. The van der Waals surface area contributed by atoms with E-state index in [0.717, 1.165) is 23.2 Å². The fourth-order valence-corrected chi connectivity index (χ4v) is 4.26. The average Bonchev–Trinajstić information content (AvgIpc) is 3.16. The molecule has 0 amide bonds. The average molecular weight is 360 g/mol. The number of allylic oxidation sites excluding steroid dienone is 2. The van der Waals surface area contributed by atoms with Crippen LogP contribution in [0.25, 0.3) is 0 Å². The molecule has 2 aromatic rings. The molecule has 4 rings (SSSR count). The van der Waals surface area contributed by atoms with Crippen LogP contribution in [0.3, 0.4) is 0 Å². The van der Waals surface area contributed by atoms with Crippen molar-refractivity contribution >= 4 is 11.7 Å². The quantitative estimate of drug-likeness (QED) is 0.789. The predicted molar refractivity (Wildman–Crippen MR) is 102 cm³/mol. The third-order valence-electron chi connectivity index (χ3n) is 5.57. The van der Waals surface area contributed by atoms with Crippen LogP contribution < -0.4 is 10.1 Å². The number of carbonyl (C=O) groups is 1. The SMILES string of the molecule is Cc1c(C(=O)O)ccc2c1N[C@H](c1ccc(OCC#N)cc1)C1CC=CC21. The van der Waals surface area contributed by atoms with Gasteiger partial charge in [-0.15, -0.1) is 0 Å². The van der Waals surface area contributed by atoms with Gasteiger partial charge in [0.25, 0.3) is 0 Å². The van der Waals surface area contributed by atoms with Gasteiger partial charge in [0.1, 0.15) is 11.8 Å². The van der Waals surface area contributed by atoms with Crippen molar-refractivity contribution in [1.82, 2.24) is 0 Å². The maximum atomic E-state index is 11.5. The molecule has 0 saturated heterocycles. The van der Waals surface area contributed by atoms with Crippen LogP contribution in [-0.2, 0) is 0 Å². The van der Waals surface area contributed by atoms with Crippen LogP contribution in [0.4, 0.5) is 5.69 Å². The maximum absolute atomic E-state index is 11.5. The first-order valence-electron chi connectivity index (χ1n) is 9.00. The van der Waals surface area contributed by atoms with Gasteiger partial charge in [0, 0.05) is 11.6 Å². The van der Waals surface area contributed by atoms with Crippen LogP contribution in [0.15, 0.2) is 48.6 Å². The number of hydrogen-bond donors (Lipinski definition) is 2. The van der Waals surface area contributed by atoms with Crippen molar-refractivity contribution in [2.75, 3.05) is 11.9 Å². The molecule has 5 heteroatoms. The number of fused-ring (bicyclic) bond motifs is 3. The van der Waals surface area contributed by atoms with E-state index in [-0.39, 0.29) is 18.6 Å². The number of carboxylic acids is 1. The summed E-state index contributed by atoms with van der Waals surface area (Å²) >= 11 is 0. The number of anilines is 1. The van der Waals surface area contributed by atoms with Gasteiger partial charge >= 0.3 is 5.97 Å². The Morgan fingerprint density at radius 2 is 2.07 bits per heavy atom. The highest BCUT2D eigenvalue weighted by atomic mass is 16.5. The zero-order valence-corrected chi connectivity index (χ0v) is 15.0. The second kappa shape index (κ2) is 6.81. The molecule has 0 radical (unpaired) electrons. The van der Waals surface area contributed by atoms with Gasteiger partial charge in [-0.05, 0) is 54.2 Å². The second-order valence-electron chi connectivity index (χ2n) is 7.00. The lowest BCUT2D eigenvalue weighted by atomic mass is 9.76. The normalized spacial score (nSPS) is 22.3. The van der Waals surface area contributed by atoms with Crippen LogP contribution in [-0.4, -0.2) is 17.7 Å². The fourth-order valence-electron chi connectivity index (χ4n) is 4.26. The maximum Gasteiger partial charge on any atom is 0.336 e. The van der Waals surface area contributed by atoms with E-state index in [1.807, 2.05) is 43.3 Å². The summed E-state index contributed by atoms with van der Waals surface area (Å²) in [6.45, 7) is 1.89. The van der Waals surface area contributed by atoms with Crippen LogP contribution in [0, 0.1) is 24.2 Å². The molecule has 1 aliphatic heterocycles. The highest BCUT2D eigenvalue weighted by Gasteiger charge is 2.38. The summed E-state index contributed by atoms with van der Waals surface area (Å²) in [6.07, 6.45) is 5.43. The minimum atomic E-state index is -0.906. The van der Waals surface area contributed by atoms with Crippen molar-refractivity contribution in [3.63, 3.8) is 0 Å². The Kier molecular flexibility index (Phi) is 4.33. The smallest absolute Gasteiger partial charge is 0.336 e. The van der Waals surface area contributed by atoms with E-state index in [1.165, 1.54) is 5.56 Å². The molecular formula is C22H20N2O3. The van der Waals surface area contributed by atoms with Gasteiger partial charge < -0.3 is 15.2 Å². The number of benzene rings is 2. The number of nitrogens with zero attached hydrogens (tertiary/aromatic N) is 1. The molecule has 1 heterocycles. The van der Waals surface area contributed by atoms with Crippen molar-refractivity contribution in [3.8, 4) is 11.8 Å². The minimum Gasteiger partial charge on any atom is -0.479 e. The zero-order chi connectivity index (χ0) is 19.0. The Bertz CT molecular complexity index is 957. The number of carboxylic acid groups (broad SMARTS) is 1. The van der Waals surface area contributed by atoms with Crippen molar-refractivity contribution in [1.29, 1.82) is 5.26 Å². The number of rotatable bonds is 4. The highest BCUT2D eigenvalue weighted by Crippen LogP contribution is 2.51. The summed E-state index contributed by atoms with van der Waals surface area (Å²) in [5, 5.41) is 21.7. The van der Waals surface area contributed by atoms with E-state index in [4.69, 9.17) is 10.00 Å². The van der Waals surface area contributed by atoms with Gasteiger partial charge in [-0.3, -0.25) is 0 Å². The highest BCUT2D eigenvalue weighted by molar-refractivity contribution is 5.92. The number of nitrogens with one attached hydrogen (secondary N) is 1. The molecule has 0 saturated carbocycles. The molecule has 2 N–H and O–H groups in total. The predicted octanol–water partition coefficient (Wildman–Crippen LogP) is 4.42. The van der Waals surface area contributed by atoms with E-state index >= 15 is 0 Å². The summed E-state index contributed by atoms with van der Waals surface area (Å²) in [5.74, 6) is 0.430. The topological polar surface area (TPSA) is 82.3 Å². The summed E-state index contributed by atoms with van der Waals surface area (Å²) in [7, 11) is 0. The summed E-state index contributed by atoms with van der Waals surface area (Å²) < 4.78 is 5.34. The first-order chi connectivity index (χ1) is 13.1. The van der Waals surface area contributed by atoms with E-state index in [0.29, 0.717) is 17.2 Å². The summed E-state index contributed by atoms with van der Waals surface area (Å²) in [6, 6.07) is 13.5. The second-order valence-corrected chi connectivity index (χ2v) is 7.00. The molecule has 1 aliphatic carbocycles. The molecule has 2 aromatic carbocycles. The van der Waals surface area contributed by atoms with Crippen molar-refractivity contribution in [3.05, 3.63) is 70.8 Å². The van der Waals surface area contributed by atoms with Crippen LogP contribution in [0.2, 0.25) is 0 Å². The van der Waals surface area contributed by atoms with Crippen molar-refractivity contribution in [2.45, 2.75) is 25.3 Å². The van der Waals surface area contributed by atoms with Gasteiger partial charge in [-0.1, -0.05) is 30.4 Å². The van der Waals surface area contributed by atoms with Gasteiger partial charge in [0.2, 0.25) is 0 Å². The van der Waals surface area contributed by atoms with E-state index < -0.39 is 5.97 Å². The van der Waals surface area contributed by atoms with Gasteiger partial charge in [-0.2, -0.15) is 5.26 Å². The largest absolute Gasteiger partial charge is 0.479 e. The van der Waals surface area contributed by atoms with Crippen LogP contribution in [0.5, 0.6) is 5.75 Å². The van der Waals surface area contributed by atoms with E-state index in [9.17, 15) is 9.90 Å². The fraction of sp³-hybridized carbons (Fsp3) is 0.273. The molecule has 136 valence electrons. The van der Waals surface area contributed by atoms with Crippen LogP contribution in [0.1, 0.15) is 45.4 Å². The van der Waals surface area contributed by atoms with Crippen LogP contribution >= 0.6 is 0 Å². The van der Waals surface area contributed by atoms with Gasteiger partial charge in [0.15, 0.2) is 6.61 Å². The third kappa shape index (κ3) is 2.93. The molecule has 27 heavy (non-hydrogen) atoms. The molecule has 2 aliphatic rings. The summed E-state index contributed by atoms with van der Waals surface area (Å²) in [5.41, 5.74) is 4.33. The zero-order valence-electron chi connectivity index (χ0n) is 15.0. The molecule has 5 nitrogen and oxygen atoms in total. The van der Waals surface area contributed by atoms with Gasteiger partial charge in [-0.25, -0.2) is 4.79 Å². The van der Waals surface area contributed by atoms with Gasteiger partial charge in [0.05, 0.1) is 11.6 Å². The van der Waals surface area contributed by atoms with Crippen molar-refractivity contribution < 1.29 is 14.6 Å². The first kappa shape index (κ1) is 17.2. The molecule has 0 fully saturated rings. The number of hydrogen-bond acceptors (Lipinski definition) is 4. The Balaban J connectivity index is 1.71. The first-order valence-corrected chi connectivity index (χ1v) is 9.00. The minimum absolute atomic E-state index is 0.0280. The van der Waals surface area contributed by atoms with E-state index in [2.05, 4.69) is 17.5 Å². The summed E-state index contributed by atoms with van der Waals surface area (Å²) in [4.78, 5) is 11.5. The third-order valence-corrected chi connectivity index (χ3v) is 5.57. The standard InChI is InChI=1S/C22H20N2O3/c1-13-16(22(25)26)9-10-19-17-3-2-4-18(17)21(24-20(13)19)14-5-7-15(8-6-14)27-12-11-23/h2-3,5-10,17-18,21,24H,4,12H2,1H3,(H,25,26)/t17?,18?,21-/m1/s1. The monoisotopic (exact) mass is 360 g/mol. The number of aromatic carboxylic acids is 1. The lowest BCUT2D eigenvalue weighted by Crippen LogP contribution is -2.30. The lowest BCUT2D eigenvalue weighted by Gasteiger charge is -2.38. The molecular weight excluding hydrogens is 340 g/mol. The Morgan fingerprint density at radius 1 is 1.30 bits per heavy atom. The van der Waals surface area contributed by atoms with E-state index in [1.54, 1.807) is 6.07 Å².